The molecule has 0 aromatic heterocycles. The third-order valence-electron chi connectivity index (χ3n) is 3.04. The Morgan fingerprint density at radius 2 is 1.50 bits per heavy atom. The van der Waals surface area contributed by atoms with Crippen LogP contribution < -0.4 is 5.32 Å². The molecular weight excluding hydrogens is 228 g/mol. The summed E-state index contributed by atoms with van der Waals surface area (Å²) in [7, 11) is 3.50. The number of hydrogen-bond acceptors (Lipinski definition) is 4. The van der Waals surface area contributed by atoms with Crippen LogP contribution in [-0.4, -0.2) is 65.1 Å². The van der Waals surface area contributed by atoms with Crippen LogP contribution >= 0.6 is 0 Å². The second-order valence-corrected chi connectivity index (χ2v) is 4.64. The molecule has 0 spiro atoms. The van der Waals surface area contributed by atoms with Gasteiger partial charge in [0, 0.05) is 40.4 Å². The smallest absolute Gasteiger partial charge is 0.0589 e. The van der Waals surface area contributed by atoms with Gasteiger partial charge in [0.1, 0.15) is 0 Å². The van der Waals surface area contributed by atoms with Gasteiger partial charge in [-0.05, 0) is 13.0 Å². The molecule has 110 valence electrons. The predicted molar refractivity (Wildman–Crippen MR) is 77.2 cm³/mol. The number of nitrogens with one attached hydrogen (secondary N) is 1. The highest BCUT2D eigenvalue weighted by Gasteiger charge is 2.03. The highest BCUT2D eigenvalue weighted by Crippen LogP contribution is 1.96. The largest absolute Gasteiger partial charge is 0.383 e. The van der Waals surface area contributed by atoms with Crippen LogP contribution in [0.1, 0.15) is 32.6 Å². The quantitative estimate of drug-likeness (QED) is 0.483. The number of rotatable bonds is 14. The van der Waals surface area contributed by atoms with Crippen LogP contribution in [0.3, 0.4) is 0 Å². The summed E-state index contributed by atoms with van der Waals surface area (Å²) in [6.07, 6.45) is 5.31. The van der Waals surface area contributed by atoms with Gasteiger partial charge in [0.05, 0.1) is 13.2 Å². The lowest BCUT2D eigenvalue weighted by molar-refractivity contribution is 0.114. The van der Waals surface area contributed by atoms with E-state index in [1.807, 2.05) is 0 Å². The lowest BCUT2D eigenvalue weighted by Gasteiger charge is -2.21. The number of ether oxygens (including phenoxy) is 2. The first-order valence-electron chi connectivity index (χ1n) is 7.26. The molecule has 0 radical (unpaired) electrons. The fraction of sp³-hybridized carbons (Fsp3) is 1.00. The van der Waals surface area contributed by atoms with Gasteiger partial charge in [-0.2, -0.15) is 0 Å². The Labute approximate surface area is 113 Å². The average Bonchev–Trinajstić information content (AvgIpc) is 2.40. The molecule has 0 amide bonds. The van der Waals surface area contributed by atoms with Gasteiger partial charge in [-0.1, -0.05) is 26.2 Å². The zero-order valence-electron chi connectivity index (χ0n) is 12.5. The summed E-state index contributed by atoms with van der Waals surface area (Å²) in [6.45, 7) is 9.06. The normalized spacial score (nSPS) is 11.3. The van der Waals surface area contributed by atoms with E-state index in [0.717, 1.165) is 45.9 Å². The standard InChI is InChI=1S/C14H32N2O2/c1-4-5-6-7-8-15-9-10-16(11-13-17-2)12-14-18-3/h15H,4-14H2,1-3H3. The van der Waals surface area contributed by atoms with E-state index >= 15 is 0 Å². The van der Waals surface area contributed by atoms with E-state index in [4.69, 9.17) is 9.47 Å². The van der Waals surface area contributed by atoms with Crippen molar-refractivity contribution in [3.63, 3.8) is 0 Å². The molecule has 0 aliphatic carbocycles. The van der Waals surface area contributed by atoms with Crippen LogP contribution in [0.4, 0.5) is 0 Å². The molecule has 0 aromatic carbocycles. The predicted octanol–water partition coefficient (Wildman–Crippen LogP) is 1.75. The lowest BCUT2D eigenvalue weighted by atomic mass is 10.2. The molecule has 0 aliphatic heterocycles. The minimum absolute atomic E-state index is 0.792. The first-order valence-corrected chi connectivity index (χ1v) is 7.26. The summed E-state index contributed by atoms with van der Waals surface area (Å²) in [5.74, 6) is 0. The maximum absolute atomic E-state index is 5.12. The summed E-state index contributed by atoms with van der Waals surface area (Å²) < 4.78 is 10.2. The number of methoxy groups -OCH3 is 2. The van der Waals surface area contributed by atoms with Gasteiger partial charge in [0.25, 0.3) is 0 Å². The van der Waals surface area contributed by atoms with E-state index in [2.05, 4.69) is 17.1 Å². The molecule has 0 bridgehead atoms. The van der Waals surface area contributed by atoms with Crippen LogP contribution in [0.5, 0.6) is 0 Å². The molecule has 4 nitrogen and oxygen atoms in total. The van der Waals surface area contributed by atoms with Gasteiger partial charge in [-0.25, -0.2) is 0 Å². The average molecular weight is 260 g/mol. The maximum Gasteiger partial charge on any atom is 0.0589 e. The molecule has 0 saturated heterocycles. The number of nitrogens with zero attached hydrogens (tertiary/aromatic N) is 1. The Kier molecular flexibility index (Phi) is 14.8. The van der Waals surface area contributed by atoms with Crippen molar-refractivity contribution in [3.8, 4) is 0 Å². The van der Waals surface area contributed by atoms with Crippen molar-refractivity contribution in [1.29, 1.82) is 0 Å². The molecule has 0 rings (SSSR count). The molecule has 4 heteroatoms. The maximum atomic E-state index is 5.12. The second kappa shape index (κ2) is 14.9. The Morgan fingerprint density at radius 1 is 0.833 bits per heavy atom. The zero-order valence-corrected chi connectivity index (χ0v) is 12.5. The molecule has 0 saturated carbocycles. The third-order valence-corrected chi connectivity index (χ3v) is 3.04. The fourth-order valence-corrected chi connectivity index (χ4v) is 1.82. The molecule has 1 N–H and O–H groups in total. The summed E-state index contributed by atoms with van der Waals surface area (Å²) in [4.78, 5) is 2.38. The highest BCUT2D eigenvalue weighted by molar-refractivity contribution is 4.59. The minimum Gasteiger partial charge on any atom is -0.383 e. The molecule has 0 atom stereocenters. The molecule has 0 aromatic rings. The highest BCUT2D eigenvalue weighted by atomic mass is 16.5. The molecular formula is C14H32N2O2. The van der Waals surface area contributed by atoms with Crippen molar-refractivity contribution in [1.82, 2.24) is 10.2 Å². The molecule has 0 fully saturated rings. The lowest BCUT2D eigenvalue weighted by Crippen LogP contribution is -2.36. The zero-order chi connectivity index (χ0) is 13.5. The summed E-state index contributed by atoms with van der Waals surface area (Å²) in [6, 6.07) is 0. The summed E-state index contributed by atoms with van der Waals surface area (Å²) in [5.41, 5.74) is 0. The molecule has 0 heterocycles. The van der Waals surface area contributed by atoms with Gasteiger partial charge in [-0.3, -0.25) is 4.90 Å². The molecule has 0 unspecified atom stereocenters. The van der Waals surface area contributed by atoms with E-state index in [1.165, 1.54) is 25.7 Å². The topological polar surface area (TPSA) is 33.7 Å². The van der Waals surface area contributed by atoms with Crippen molar-refractivity contribution < 1.29 is 9.47 Å². The number of unbranched alkanes of at least 4 members (excludes halogenated alkanes) is 3. The van der Waals surface area contributed by atoms with E-state index in [0.29, 0.717) is 0 Å². The Balaban J connectivity index is 3.43. The third kappa shape index (κ3) is 12.3. The van der Waals surface area contributed by atoms with Crippen LogP contribution in [0.2, 0.25) is 0 Å². The van der Waals surface area contributed by atoms with Crippen LogP contribution in [0, 0.1) is 0 Å². The first kappa shape index (κ1) is 17.8. The van der Waals surface area contributed by atoms with Crippen molar-refractivity contribution in [2.45, 2.75) is 32.6 Å². The Morgan fingerprint density at radius 3 is 2.06 bits per heavy atom. The van der Waals surface area contributed by atoms with Crippen molar-refractivity contribution in [2.75, 3.05) is 60.2 Å². The van der Waals surface area contributed by atoms with Crippen LogP contribution in [0.15, 0.2) is 0 Å². The minimum atomic E-state index is 0.792. The van der Waals surface area contributed by atoms with Crippen LogP contribution in [0.25, 0.3) is 0 Å². The van der Waals surface area contributed by atoms with Gasteiger partial charge >= 0.3 is 0 Å². The first-order chi connectivity index (χ1) is 8.85. The van der Waals surface area contributed by atoms with Gasteiger partial charge in [0.15, 0.2) is 0 Å². The van der Waals surface area contributed by atoms with Gasteiger partial charge < -0.3 is 14.8 Å². The fourth-order valence-electron chi connectivity index (χ4n) is 1.82. The van der Waals surface area contributed by atoms with Crippen molar-refractivity contribution in [2.24, 2.45) is 0 Å². The SMILES string of the molecule is CCCCCCNCCN(CCOC)CCOC. The van der Waals surface area contributed by atoms with Crippen LogP contribution in [-0.2, 0) is 9.47 Å². The molecule has 0 aliphatic rings. The number of hydrogen-bond donors (Lipinski definition) is 1. The van der Waals surface area contributed by atoms with E-state index in [-0.39, 0.29) is 0 Å². The van der Waals surface area contributed by atoms with Crippen molar-refractivity contribution in [3.05, 3.63) is 0 Å². The van der Waals surface area contributed by atoms with Gasteiger partial charge in [0.2, 0.25) is 0 Å². The van der Waals surface area contributed by atoms with Crippen molar-refractivity contribution >= 4 is 0 Å². The monoisotopic (exact) mass is 260 g/mol. The Hall–Kier alpha value is -0.160. The van der Waals surface area contributed by atoms with E-state index < -0.39 is 0 Å². The van der Waals surface area contributed by atoms with E-state index in [9.17, 15) is 0 Å². The Bertz CT molecular complexity index is 149. The van der Waals surface area contributed by atoms with E-state index in [1.54, 1.807) is 14.2 Å². The summed E-state index contributed by atoms with van der Waals surface area (Å²) >= 11 is 0. The molecule has 18 heavy (non-hydrogen) atoms. The van der Waals surface area contributed by atoms with Gasteiger partial charge in [-0.15, -0.1) is 0 Å². The summed E-state index contributed by atoms with van der Waals surface area (Å²) in [5, 5.41) is 3.50. The second-order valence-electron chi connectivity index (χ2n) is 4.64.